The molecule has 0 radical (unpaired) electrons. The summed E-state index contributed by atoms with van der Waals surface area (Å²) >= 11 is 0. The van der Waals surface area contributed by atoms with E-state index in [2.05, 4.69) is 0 Å². The van der Waals surface area contributed by atoms with Crippen LogP contribution in [0.4, 0.5) is 0 Å². The maximum absolute atomic E-state index is 9.53. The van der Waals surface area contributed by atoms with E-state index in [1.807, 2.05) is 0 Å². The molecule has 6 heteroatoms. The molecular weight excluding hydrogens is 204 g/mol. The van der Waals surface area contributed by atoms with Gasteiger partial charge in [-0.1, -0.05) is 0 Å². The third-order valence-corrected chi connectivity index (χ3v) is 2.23. The summed E-state index contributed by atoms with van der Waals surface area (Å²) < 4.78 is 10.3. The third kappa shape index (κ3) is 2.87. The van der Waals surface area contributed by atoms with Gasteiger partial charge in [0.1, 0.15) is 24.4 Å². The van der Waals surface area contributed by atoms with Gasteiger partial charge in [-0.25, -0.2) is 0 Å². The van der Waals surface area contributed by atoms with Crippen molar-refractivity contribution in [3.05, 3.63) is 0 Å². The van der Waals surface area contributed by atoms with Gasteiger partial charge < -0.3 is 29.9 Å². The molecule has 1 aliphatic heterocycles. The fourth-order valence-corrected chi connectivity index (χ4v) is 1.47. The van der Waals surface area contributed by atoms with Crippen molar-refractivity contribution in [2.45, 2.75) is 50.7 Å². The molecule has 0 aliphatic carbocycles. The summed E-state index contributed by atoms with van der Waals surface area (Å²) in [7, 11) is 0. The minimum Gasteiger partial charge on any atom is -0.394 e. The highest BCUT2D eigenvalue weighted by Crippen LogP contribution is 2.25. The standard InChI is InChI=1S/C9H18O6/c1-4(2)14-9-7(13)6(12)8(15-9)5(11)3-10/h4-13H,3H2,1-2H3. The predicted molar refractivity (Wildman–Crippen MR) is 50.0 cm³/mol. The minimum atomic E-state index is -1.25. The maximum Gasteiger partial charge on any atom is 0.186 e. The largest absolute Gasteiger partial charge is 0.394 e. The predicted octanol–water partition coefficient (Wildman–Crippen LogP) is -1.79. The van der Waals surface area contributed by atoms with Crippen molar-refractivity contribution >= 4 is 0 Å². The normalized spacial score (nSPS) is 38.6. The fraction of sp³-hybridized carbons (Fsp3) is 1.00. The average molecular weight is 222 g/mol. The van der Waals surface area contributed by atoms with Crippen LogP contribution in [-0.4, -0.2) is 63.8 Å². The van der Waals surface area contributed by atoms with Crippen LogP contribution < -0.4 is 0 Å². The first-order valence-corrected chi connectivity index (χ1v) is 4.93. The van der Waals surface area contributed by atoms with Crippen molar-refractivity contribution in [2.75, 3.05) is 6.61 Å². The van der Waals surface area contributed by atoms with Crippen LogP contribution in [0.5, 0.6) is 0 Å². The van der Waals surface area contributed by atoms with E-state index >= 15 is 0 Å². The Morgan fingerprint density at radius 3 is 2.33 bits per heavy atom. The van der Waals surface area contributed by atoms with Crippen LogP contribution >= 0.6 is 0 Å². The molecule has 1 heterocycles. The van der Waals surface area contributed by atoms with Crippen molar-refractivity contribution < 1.29 is 29.9 Å². The maximum atomic E-state index is 9.53. The Morgan fingerprint density at radius 2 is 1.87 bits per heavy atom. The molecule has 0 aromatic heterocycles. The number of aliphatic hydroxyl groups is 4. The molecule has 1 fully saturated rings. The fourth-order valence-electron chi connectivity index (χ4n) is 1.47. The number of ether oxygens (including phenoxy) is 2. The first-order valence-electron chi connectivity index (χ1n) is 4.93. The van der Waals surface area contributed by atoms with E-state index in [9.17, 15) is 15.3 Å². The second-order valence-corrected chi connectivity index (χ2v) is 3.89. The molecular formula is C9H18O6. The summed E-state index contributed by atoms with van der Waals surface area (Å²) in [6, 6.07) is 0. The molecule has 90 valence electrons. The molecule has 0 amide bonds. The molecule has 5 unspecified atom stereocenters. The number of hydrogen-bond acceptors (Lipinski definition) is 6. The van der Waals surface area contributed by atoms with Crippen LogP contribution in [0, 0.1) is 0 Å². The molecule has 0 saturated carbocycles. The van der Waals surface area contributed by atoms with Crippen LogP contribution in [0.2, 0.25) is 0 Å². The molecule has 0 aromatic carbocycles. The lowest BCUT2D eigenvalue weighted by atomic mass is 10.1. The Bertz CT molecular complexity index is 197. The SMILES string of the molecule is CC(C)OC1OC(C(O)CO)C(O)C1O. The van der Waals surface area contributed by atoms with E-state index in [-0.39, 0.29) is 6.10 Å². The van der Waals surface area contributed by atoms with Gasteiger partial charge in [0.15, 0.2) is 6.29 Å². The summed E-state index contributed by atoms with van der Waals surface area (Å²) in [4.78, 5) is 0. The van der Waals surface area contributed by atoms with Crippen molar-refractivity contribution in [3.63, 3.8) is 0 Å². The highest BCUT2D eigenvalue weighted by molar-refractivity contribution is 4.90. The van der Waals surface area contributed by atoms with E-state index in [4.69, 9.17) is 14.6 Å². The quantitative estimate of drug-likeness (QED) is 0.448. The van der Waals surface area contributed by atoms with Crippen LogP contribution in [0.3, 0.4) is 0 Å². The van der Waals surface area contributed by atoms with Gasteiger partial charge in [0, 0.05) is 0 Å². The Hall–Kier alpha value is -0.240. The zero-order valence-corrected chi connectivity index (χ0v) is 8.78. The molecule has 0 spiro atoms. The van der Waals surface area contributed by atoms with E-state index in [1.54, 1.807) is 13.8 Å². The zero-order chi connectivity index (χ0) is 11.6. The van der Waals surface area contributed by atoms with Gasteiger partial charge in [-0.15, -0.1) is 0 Å². The van der Waals surface area contributed by atoms with Crippen LogP contribution in [-0.2, 0) is 9.47 Å². The lowest BCUT2D eigenvalue weighted by Crippen LogP contribution is -2.40. The molecule has 1 aliphatic rings. The Morgan fingerprint density at radius 1 is 1.27 bits per heavy atom. The van der Waals surface area contributed by atoms with Gasteiger partial charge in [0.05, 0.1) is 12.7 Å². The zero-order valence-electron chi connectivity index (χ0n) is 8.78. The Labute approximate surface area is 88.1 Å². The van der Waals surface area contributed by atoms with E-state index in [0.717, 1.165) is 0 Å². The topological polar surface area (TPSA) is 99.4 Å². The van der Waals surface area contributed by atoms with E-state index in [1.165, 1.54) is 0 Å². The van der Waals surface area contributed by atoms with Crippen molar-refractivity contribution in [2.24, 2.45) is 0 Å². The summed E-state index contributed by atoms with van der Waals surface area (Å²) in [6.07, 6.45) is -5.84. The Kier molecular flexibility index (Phi) is 4.45. The van der Waals surface area contributed by atoms with Gasteiger partial charge >= 0.3 is 0 Å². The lowest BCUT2D eigenvalue weighted by Gasteiger charge is -2.19. The average Bonchev–Trinajstić information content (AvgIpc) is 2.44. The smallest absolute Gasteiger partial charge is 0.186 e. The molecule has 0 bridgehead atoms. The third-order valence-electron chi connectivity index (χ3n) is 2.23. The second kappa shape index (κ2) is 5.20. The summed E-state index contributed by atoms with van der Waals surface area (Å²) in [5, 5.41) is 37.0. The monoisotopic (exact) mass is 222 g/mol. The van der Waals surface area contributed by atoms with Crippen LogP contribution in [0.25, 0.3) is 0 Å². The molecule has 6 nitrogen and oxygen atoms in total. The van der Waals surface area contributed by atoms with Crippen molar-refractivity contribution in [3.8, 4) is 0 Å². The van der Waals surface area contributed by atoms with Gasteiger partial charge in [0.2, 0.25) is 0 Å². The first kappa shape index (κ1) is 12.8. The van der Waals surface area contributed by atoms with Gasteiger partial charge in [-0.3, -0.25) is 0 Å². The van der Waals surface area contributed by atoms with Gasteiger partial charge in [0.25, 0.3) is 0 Å². The summed E-state index contributed by atoms with van der Waals surface area (Å²) in [5.41, 5.74) is 0. The summed E-state index contributed by atoms with van der Waals surface area (Å²) in [5.74, 6) is 0. The summed E-state index contributed by atoms with van der Waals surface area (Å²) in [6.45, 7) is 2.99. The minimum absolute atomic E-state index is 0.165. The highest BCUT2D eigenvalue weighted by Gasteiger charge is 2.46. The number of hydrogen-bond donors (Lipinski definition) is 4. The van der Waals surface area contributed by atoms with Crippen molar-refractivity contribution in [1.29, 1.82) is 0 Å². The molecule has 4 N–H and O–H groups in total. The van der Waals surface area contributed by atoms with Crippen molar-refractivity contribution in [1.82, 2.24) is 0 Å². The van der Waals surface area contributed by atoms with E-state index in [0.29, 0.717) is 0 Å². The first-order chi connectivity index (χ1) is 6.97. The van der Waals surface area contributed by atoms with Gasteiger partial charge in [-0.05, 0) is 13.8 Å². The van der Waals surface area contributed by atoms with E-state index < -0.39 is 37.3 Å². The number of rotatable bonds is 4. The van der Waals surface area contributed by atoms with Crippen LogP contribution in [0.1, 0.15) is 13.8 Å². The highest BCUT2D eigenvalue weighted by atomic mass is 16.7. The molecule has 5 atom stereocenters. The molecule has 15 heavy (non-hydrogen) atoms. The second-order valence-electron chi connectivity index (χ2n) is 3.89. The molecule has 0 aromatic rings. The van der Waals surface area contributed by atoms with Gasteiger partial charge in [-0.2, -0.15) is 0 Å². The number of aliphatic hydroxyl groups excluding tert-OH is 4. The Balaban J connectivity index is 2.59. The lowest BCUT2D eigenvalue weighted by molar-refractivity contribution is -0.195. The van der Waals surface area contributed by atoms with Crippen LogP contribution in [0.15, 0.2) is 0 Å². The molecule has 1 rings (SSSR count). The molecule has 1 saturated heterocycles.